The molecule has 0 saturated heterocycles. The number of halogens is 2. The lowest BCUT2D eigenvalue weighted by atomic mass is 10.2. The molecule has 0 N–H and O–H groups in total. The number of amides is 1. The predicted molar refractivity (Wildman–Crippen MR) is 121 cm³/mol. The van der Waals surface area contributed by atoms with Gasteiger partial charge in [0.15, 0.2) is 6.61 Å². The van der Waals surface area contributed by atoms with E-state index < -0.39 is 34.3 Å². The molecule has 0 bridgehead atoms. The second kappa shape index (κ2) is 11.7. The zero-order chi connectivity index (χ0) is 24.6. The van der Waals surface area contributed by atoms with Gasteiger partial charge in [-0.15, -0.1) is 0 Å². The first-order chi connectivity index (χ1) is 15.6. The number of ether oxygens (including phenoxy) is 1. The highest BCUT2D eigenvalue weighted by Crippen LogP contribution is 2.24. The predicted octanol–water partition coefficient (Wildman–Crippen LogP) is 3.61. The maximum absolute atomic E-state index is 13.2. The maximum Gasteiger partial charge on any atom is 0.340 e. The number of nitriles is 1. The molecule has 0 aliphatic carbocycles. The molecule has 1 amide bonds. The van der Waals surface area contributed by atoms with Crippen molar-refractivity contribution >= 4 is 39.2 Å². The van der Waals surface area contributed by atoms with Crippen molar-refractivity contribution in [2.75, 3.05) is 31.1 Å². The molecule has 11 heteroatoms. The zero-order valence-corrected chi connectivity index (χ0v) is 19.7. The van der Waals surface area contributed by atoms with Crippen molar-refractivity contribution < 1.29 is 27.1 Å². The molecule has 0 aromatic heterocycles. The van der Waals surface area contributed by atoms with Crippen LogP contribution in [-0.2, 0) is 19.6 Å². The molecule has 0 atom stereocenters. The summed E-state index contributed by atoms with van der Waals surface area (Å²) in [5, 5.41) is 8.81. The van der Waals surface area contributed by atoms with Gasteiger partial charge in [-0.25, -0.2) is 17.6 Å². The number of carbonyl (C=O) groups excluding carboxylic acids is 2. The van der Waals surface area contributed by atoms with E-state index in [0.717, 1.165) is 18.2 Å². The van der Waals surface area contributed by atoms with Crippen molar-refractivity contribution in [3.8, 4) is 6.07 Å². The molecule has 0 aliphatic heterocycles. The molecule has 0 spiro atoms. The minimum Gasteiger partial charge on any atom is -0.452 e. The van der Waals surface area contributed by atoms with Crippen LogP contribution in [-0.4, -0.2) is 50.8 Å². The highest BCUT2D eigenvalue weighted by Gasteiger charge is 2.25. The van der Waals surface area contributed by atoms with E-state index in [0.29, 0.717) is 5.69 Å². The lowest BCUT2D eigenvalue weighted by Gasteiger charge is -2.22. The summed E-state index contributed by atoms with van der Waals surface area (Å²) in [6, 6.07) is 10.6. The molecular weight excluding hydrogens is 473 g/mol. The number of anilines is 1. The monoisotopic (exact) mass is 495 g/mol. The summed E-state index contributed by atoms with van der Waals surface area (Å²) in [6.45, 7) is 3.20. The molecule has 0 radical (unpaired) electrons. The van der Waals surface area contributed by atoms with Crippen LogP contribution in [0.2, 0.25) is 5.02 Å². The number of hydrogen-bond donors (Lipinski definition) is 0. The van der Waals surface area contributed by atoms with Crippen molar-refractivity contribution in [3.63, 3.8) is 0 Å². The van der Waals surface area contributed by atoms with Crippen LogP contribution in [0.3, 0.4) is 0 Å². The first kappa shape index (κ1) is 26.3. The van der Waals surface area contributed by atoms with Gasteiger partial charge in [0.25, 0.3) is 5.91 Å². The van der Waals surface area contributed by atoms with Gasteiger partial charge < -0.3 is 9.64 Å². The van der Waals surface area contributed by atoms with Crippen LogP contribution in [0.1, 0.15) is 30.6 Å². The summed E-state index contributed by atoms with van der Waals surface area (Å²) in [7, 11) is -3.84. The number of carbonyl (C=O) groups is 2. The smallest absolute Gasteiger partial charge is 0.340 e. The van der Waals surface area contributed by atoms with E-state index in [2.05, 4.69) is 0 Å². The highest BCUT2D eigenvalue weighted by molar-refractivity contribution is 7.89. The third-order valence-electron chi connectivity index (χ3n) is 4.71. The van der Waals surface area contributed by atoms with Gasteiger partial charge in [0.05, 0.1) is 28.0 Å². The molecule has 2 aromatic rings. The summed E-state index contributed by atoms with van der Waals surface area (Å²) in [4.78, 5) is 26.3. The zero-order valence-electron chi connectivity index (χ0n) is 18.1. The van der Waals surface area contributed by atoms with Gasteiger partial charge in [-0.05, 0) is 42.5 Å². The van der Waals surface area contributed by atoms with E-state index in [1.54, 1.807) is 13.8 Å². The molecule has 0 heterocycles. The van der Waals surface area contributed by atoms with Crippen LogP contribution < -0.4 is 4.90 Å². The number of rotatable bonds is 10. The SMILES string of the molecule is CCN(CC)S(=O)(=O)c1ccc(Cl)c(C(=O)OCC(=O)N(CCC#N)c2ccc(F)cc2)c1. The third-order valence-corrected chi connectivity index (χ3v) is 7.09. The fraction of sp³-hybridized carbons (Fsp3) is 0.318. The molecule has 8 nitrogen and oxygen atoms in total. The van der Waals surface area contributed by atoms with Crippen LogP contribution in [0.25, 0.3) is 0 Å². The molecule has 0 fully saturated rings. The van der Waals surface area contributed by atoms with Crippen LogP contribution in [0.5, 0.6) is 0 Å². The van der Waals surface area contributed by atoms with Crippen molar-refractivity contribution in [3.05, 3.63) is 58.9 Å². The normalized spacial score (nSPS) is 11.2. The van der Waals surface area contributed by atoms with Crippen molar-refractivity contribution in [1.82, 2.24) is 4.31 Å². The molecule has 2 aromatic carbocycles. The third kappa shape index (κ3) is 6.51. The molecule has 33 heavy (non-hydrogen) atoms. The average Bonchev–Trinajstić information content (AvgIpc) is 2.79. The summed E-state index contributed by atoms with van der Waals surface area (Å²) >= 11 is 6.07. The fourth-order valence-corrected chi connectivity index (χ4v) is 4.68. The first-order valence-corrected chi connectivity index (χ1v) is 11.9. The van der Waals surface area contributed by atoms with Crippen molar-refractivity contribution in [2.24, 2.45) is 0 Å². The quantitative estimate of drug-likeness (QED) is 0.466. The van der Waals surface area contributed by atoms with Gasteiger partial charge in [0.1, 0.15) is 5.82 Å². The second-order valence-electron chi connectivity index (χ2n) is 6.74. The molecule has 176 valence electrons. The van der Waals surface area contributed by atoms with Crippen LogP contribution in [0.15, 0.2) is 47.4 Å². The number of nitrogens with zero attached hydrogens (tertiary/aromatic N) is 3. The van der Waals surface area contributed by atoms with E-state index >= 15 is 0 Å². The van der Waals surface area contributed by atoms with E-state index in [9.17, 15) is 22.4 Å². The second-order valence-corrected chi connectivity index (χ2v) is 9.08. The Balaban J connectivity index is 2.21. The summed E-state index contributed by atoms with van der Waals surface area (Å²) in [6.07, 6.45) is 0.00809. The van der Waals surface area contributed by atoms with Gasteiger partial charge >= 0.3 is 5.97 Å². The number of benzene rings is 2. The average molecular weight is 496 g/mol. The molecule has 0 saturated carbocycles. The maximum atomic E-state index is 13.2. The van der Waals surface area contributed by atoms with Crippen LogP contribution in [0.4, 0.5) is 10.1 Å². The number of esters is 1. The summed E-state index contributed by atoms with van der Waals surface area (Å²) in [5.41, 5.74) is 0.126. The topological polar surface area (TPSA) is 108 Å². The Morgan fingerprint density at radius 1 is 1.12 bits per heavy atom. The largest absolute Gasteiger partial charge is 0.452 e. The Morgan fingerprint density at radius 2 is 1.76 bits per heavy atom. The first-order valence-electron chi connectivity index (χ1n) is 10.0. The summed E-state index contributed by atoms with van der Waals surface area (Å²) in [5.74, 6) is -2.12. The van der Waals surface area contributed by atoms with Gasteiger partial charge in [-0.1, -0.05) is 25.4 Å². The Hall–Kier alpha value is -3.00. The Bertz CT molecular complexity index is 1150. The van der Waals surface area contributed by atoms with Crippen molar-refractivity contribution in [2.45, 2.75) is 25.2 Å². The number of hydrogen-bond acceptors (Lipinski definition) is 6. The molecule has 2 rings (SSSR count). The molecular formula is C22H23ClFN3O5S. The standard InChI is InChI=1S/C22H23ClFN3O5S/c1-3-26(4-2)33(30,31)18-10-11-20(23)19(14-18)22(29)32-15-21(28)27(13-5-12-25)17-8-6-16(24)7-9-17/h6-11,14H,3-5,13,15H2,1-2H3. The minimum atomic E-state index is -3.84. The van der Waals surface area contributed by atoms with Crippen LogP contribution in [0, 0.1) is 17.1 Å². The molecule has 0 aliphatic rings. The minimum absolute atomic E-state index is 0.00809. The van der Waals surface area contributed by atoms with Gasteiger partial charge in [-0.3, -0.25) is 4.79 Å². The molecule has 0 unspecified atom stereocenters. The van der Waals surface area contributed by atoms with E-state index in [4.69, 9.17) is 21.6 Å². The fourth-order valence-electron chi connectivity index (χ4n) is 3.00. The summed E-state index contributed by atoms with van der Waals surface area (Å²) < 4.78 is 45.0. The highest BCUT2D eigenvalue weighted by atomic mass is 35.5. The Kier molecular flexibility index (Phi) is 9.34. The Morgan fingerprint density at radius 3 is 2.33 bits per heavy atom. The van der Waals surface area contributed by atoms with Gasteiger partial charge in [-0.2, -0.15) is 9.57 Å². The lowest BCUT2D eigenvalue weighted by molar-refractivity contribution is -0.121. The van der Waals surface area contributed by atoms with E-state index in [-0.39, 0.29) is 41.5 Å². The van der Waals surface area contributed by atoms with Crippen molar-refractivity contribution in [1.29, 1.82) is 5.26 Å². The van der Waals surface area contributed by atoms with Gasteiger partial charge in [0, 0.05) is 25.3 Å². The van der Waals surface area contributed by atoms with Crippen LogP contribution >= 0.6 is 11.6 Å². The van der Waals surface area contributed by atoms with E-state index in [1.165, 1.54) is 33.5 Å². The number of sulfonamides is 1. The Labute approximate surface area is 197 Å². The van der Waals surface area contributed by atoms with Gasteiger partial charge in [0.2, 0.25) is 10.0 Å². The van der Waals surface area contributed by atoms with E-state index in [1.807, 2.05) is 6.07 Å². The lowest BCUT2D eigenvalue weighted by Crippen LogP contribution is -2.35.